The van der Waals surface area contributed by atoms with Gasteiger partial charge in [-0.05, 0) is 44.4 Å². The fourth-order valence-electron chi connectivity index (χ4n) is 2.91. The largest absolute Gasteiger partial charge is 0.377 e. The first-order valence-corrected chi connectivity index (χ1v) is 6.79. The Morgan fingerprint density at radius 3 is 2.69 bits per heavy atom. The molecule has 3 unspecified atom stereocenters. The van der Waals surface area contributed by atoms with Crippen molar-refractivity contribution in [2.75, 3.05) is 13.2 Å². The average Bonchev–Trinajstić information content (AvgIpc) is 2.15. The third-order valence-corrected chi connectivity index (χ3v) is 3.81. The second-order valence-electron chi connectivity index (χ2n) is 6.16. The Morgan fingerprint density at radius 1 is 1.44 bits per heavy atom. The van der Waals surface area contributed by atoms with Crippen molar-refractivity contribution in [3.05, 3.63) is 0 Å². The molecule has 1 aliphatic rings. The van der Waals surface area contributed by atoms with Gasteiger partial charge >= 0.3 is 0 Å². The highest BCUT2D eigenvalue weighted by Gasteiger charge is 2.31. The summed E-state index contributed by atoms with van der Waals surface area (Å²) in [6, 6.07) is 0.691. The molecule has 0 spiro atoms. The van der Waals surface area contributed by atoms with Gasteiger partial charge in [0.25, 0.3) is 0 Å². The molecule has 0 radical (unpaired) electrons. The summed E-state index contributed by atoms with van der Waals surface area (Å²) >= 11 is 0. The van der Waals surface area contributed by atoms with Crippen LogP contribution in [-0.4, -0.2) is 25.3 Å². The van der Waals surface area contributed by atoms with Crippen molar-refractivity contribution in [1.29, 1.82) is 0 Å². The van der Waals surface area contributed by atoms with Gasteiger partial charge in [0.15, 0.2) is 0 Å². The van der Waals surface area contributed by atoms with Gasteiger partial charge in [0, 0.05) is 19.2 Å². The second kappa shape index (κ2) is 6.02. The van der Waals surface area contributed by atoms with E-state index in [1.807, 2.05) is 0 Å². The standard InChI is InChI=1S/C14H29NO/c1-6-16-12(3)10-15-13-7-8-14(4,5)9-11(13)2/h11-13,15H,6-10H2,1-5H3. The predicted octanol–water partition coefficient (Wildman–Crippen LogP) is 3.22. The Bertz CT molecular complexity index is 203. The molecule has 2 nitrogen and oxygen atoms in total. The van der Waals surface area contributed by atoms with E-state index in [0.717, 1.165) is 19.1 Å². The summed E-state index contributed by atoms with van der Waals surface area (Å²) in [4.78, 5) is 0. The summed E-state index contributed by atoms with van der Waals surface area (Å²) < 4.78 is 5.55. The van der Waals surface area contributed by atoms with Crippen molar-refractivity contribution in [3.63, 3.8) is 0 Å². The average molecular weight is 227 g/mol. The molecule has 1 saturated carbocycles. The zero-order valence-corrected chi connectivity index (χ0v) is 11.7. The fraction of sp³-hybridized carbons (Fsp3) is 1.00. The number of rotatable bonds is 5. The van der Waals surface area contributed by atoms with Crippen LogP contribution in [-0.2, 0) is 4.74 Å². The second-order valence-corrected chi connectivity index (χ2v) is 6.16. The van der Waals surface area contributed by atoms with Crippen molar-refractivity contribution < 1.29 is 4.74 Å². The Kier molecular flexibility index (Phi) is 5.26. The minimum Gasteiger partial charge on any atom is -0.377 e. The molecule has 16 heavy (non-hydrogen) atoms. The first-order chi connectivity index (χ1) is 7.44. The zero-order chi connectivity index (χ0) is 12.2. The predicted molar refractivity (Wildman–Crippen MR) is 69.7 cm³/mol. The summed E-state index contributed by atoms with van der Waals surface area (Å²) in [5, 5.41) is 3.67. The van der Waals surface area contributed by atoms with Crippen LogP contribution < -0.4 is 5.32 Å². The molecule has 2 heteroatoms. The van der Waals surface area contributed by atoms with Crippen LogP contribution >= 0.6 is 0 Å². The van der Waals surface area contributed by atoms with Crippen LogP contribution in [0.3, 0.4) is 0 Å². The van der Waals surface area contributed by atoms with Crippen LogP contribution in [0.15, 0.2) is 0 Å². The van der Waals surface area contributed by atoms with Gasteiger partial charge in [-0.25, -0.2) is 0 Å². The molecular formula is C14H29NO. The number of hydrogen-bond donors (Lipinski definition) is 1. The molecule has 0 heterocycles. The monoisotopic (exact) mass is 227 g/mol. The van der Waals surface area contributed by atoms with Crippen LogP contribution in [0.5, 0.6) is 0 Å². The van der Waals surface area contributed by atoms with Gasteiger partial charge in [-0.1, -0.05) is 20.8 Å². The molecule has 3 atom stereocenters. The van der Waals surface area contributed by atoms with Crippen LogP contribution in [0.4, 0.5) is 0 Å². The van der Waals surface area contributed by atoms with E-state index in [1.165, 1.54) is 19.3 Å². The zero-order valence-electron chi connectivity index (χ0n) is 11.7. The van der Waals surface area contributed by atoms with Crippen LogP contribution in [0.25, 0.3) is 0 Å². The van der Waals surface area contributed by atoms with Gasteiger partial charge in [-0.2, -0.15) is 0 Å². The van der Waals surface area contributed by atoms with E-state index in [0.29, 0.717) is 17.6 Å². The molecule has 1 fully saturated rings. The first-order valence-electron chi connectivity index (χ1n) is 6.79. The quantitative estimate of drug-likeness (QED) is 0.778. The van der Waals surface area contributed by atoms with E-state index in [4.69, 9.17) is 4.74 Å². The highest BCUT2D eigenvalue weighted by molar-refractivity contribution is 4.87. The number of hydrogen-bond acceptors (Lipinski definition) is 2. The van der Waals surface area contributed by atoms with Gasteiger partial charge in [0.05, 0.1) is 6.10 Å². The molecular weight excluding hydrogens is 198 g/mol. The normalized spacial score (nSPS) is 31.3. The third kappa shape index (κ3) is 4.42. The summed E-state index contributed by atoms with van der Waals surface area (Å²) in [7, 11) is 0. The molecule has 0 bridgehead atoms. The van der Waals surface area contributed by atoms with E-state index >= 15 is 0 Å². The first kappa shape index (κ1) is 14.0. The maximum absolute atomic E-state index is 5.55. The third-order valence-electron chi connectivity index (χ3n) is 3.81. The summed E-state index contributed by atoms with van der Waals surface area (Å²) in [5.41, 5.74) is 0.545. The van der Waals surface area contributed by atoms with Crippen molar-refractivity contribution in [3.8, 4) is 0 Å². The van der Waals surface area contributed by atoms with E-state index in [-0.39, 0.29) is 0 Å². The highest BCUT2D eigenvalue weighted by Crippen LogP contribution is 2.38. The molecule has 0 aromatic rings. The lowest BCUT2D eigenvalue weighted by molar-refractivity contribution is 0.0657. The van der Waals surface area contributed by atoms with Crippen LogP contribution in [0.2, 0.25) is 0 Å². The SMILES string of the molecule is CCOC(C)CNC1CCC(C)(C)CC1C. The van der Waals surface area contributed by atoms with Gasteiger partial charge < -0.3 is 10.1 Å². The maximum Gasteiger partial charge on any atom is 0.0671 e. The van der Waals surface area contributed by atoms with Gasteiger partial charge in [-0.3, -0.25) is 0 Å². The maximum atomic E-state index is 5.55. The van der Waals surface area contributed by atoms with E-state index in [2.05, 4.69) is 39.9 Å². The number of nitrogens with one attached hydrogen (secondary N) is 1. The lowest BCUT2D eigenvalue weighted by Crippen LogP contribution is -2.44. The molecule has 0 aromatic carbocycles. The van der Waals surface area contributed by atoms with Crippen molar-refractivity contribution >= 4 is 0 Å². The van der Waals surface area contributed by atoms with Crippen molar-refractivity contribution in [2.45, 2.75) is 66.0 Å². The van der Waals surface area contributed by atoms with Crippen molar-refractivity contribution in [1.82, 2.24) is 5.32 Å². The van der Waals surface area contributed by atoms with Gasteiger partial charge in [0.1, 0.15) is 0 Å². The van der Waals surface area contributed by atoms with Gasteiger partial charge in [0.2, 0.25) is 0 Å². The summed E-state index contributed by atoms with van der Waals surface area (Å²) in [5.74, 6) is 0.789. The van der Waals surface area contributed by atoms with E-state index in [1.54, 1.807) is 0 Å². The molecule has 0 aromatic heterocycles. The Hall–Kier alpha value is -0.0800. The smallest absolute Gasteiger partial charge is 0.0671 e. The highest BCUT2D eigenvalue weighted by atomic mass is 16.5. The summed E-state index contributed by atoms with van der Waals surface area (Å²) in [6.07, 6.45) is 4.34. The molecule has 1 rings (SSSR count). The molecule has 0 aliphatic heterocycles. The van der Waals surface area contributed by atoms with E-state index < -0.39 is 0 Å². The Balaban J connectivity index is 2.28. The lowest BCUT2D eigenvalue weighted by atomic mass is 9.70. The topological polar surface area (TPSA) is 21.3 Å². The lowest BCUT2D eigenvalue weighted by Gasteiger charge is -2.40. The summed E-state index contributed by atoms with van der Waals surface area (Å²) in [6.45, 7) is 13.2. The minimum absolute atomic E-state index is 0.340. The van der Waals surface area contributed by atoms with Crippen LogP contribution in [0.1, 0.15) is 53.9 Å². The molecule has 0 amide bonds. The fourth-order valence-corrected chi connectivity index (χ4v) is 2.91. The van der Waals surface area contributed by atoms with Crippen LogP contribution in [0, 0.1) is 11.3 Å². The Morgan fingerprint density at radius 2 is 2.12 bits per heavy atom. The number of ether oxygens (including phenoxy) is 1. The minimum atomic E-state index is 0.340. The Labute approximate surface area is 101 Å². The molecule has 96 valence electrons. The molecule has 1 N–H and O–H groups in total. The molecule has 1 aliphatic carbocycles. The van der Waals surface area contributed by atoms with Crippen molar-refractivity contribution in [2.24, 2.45) is 11.3 Å². The van der Waals surface area contributed by atoms with Gasteiger partial charge in [-0.15, -0.1) is 0 Å². The van der Waals surface area contributed by atoms with E-state index in [9.17, 15) is 0 Å². The molecule has 0 saturated heterocycles.